The molecule has 1 unspecified atom stereocenters. The van der Waals surface area contributed by atoms with Crippen molar-refractivity contribution in [3.63, 3.8) is 0 Å². The fourth-order valence-corrected chi connectivity index (χ4v) is 4.62. The van der Waals surface area contributed by atoms with Crippen molar-refractivity contribution in [3.05, 3.63) is 90.8 Å². The van der Waals surface area contributed by atoms with Gasteiger partial charge in [-0.05, 0) is 50.1 Å². The molecule has 4 aromatic rings. The Balaban J connectivity index is 1.47. The van der Waals surface area contributed by atoms with Crippen LogP contribution in [0.3, 0.4) is 0 Å². The first-order valence-corrected chi connectivity index (χ1v) is 11.6. The van der Waals surface area contributed by atoms with E-state index in [-0.39, 0.29) is 17.7 Å². The summed E-state index contributed by atoms with van der Waals surface area (Å²) in [6.07, 6.45) is 8.51. The number of rotatable bonds is 5. The van der Waals surface area contributed by atoms with Crippen LogP contribution in [-0.2, 0) is 4.79 Å². The molecule has 0 saturated carbocycles. The fraction of sp³-hybridized carbons (Fsp3) is 0.222. The summed E-state index contributed by atoms with van der Waals surface area (Å²) in [7, 11) is 0. The van der Waals surface area contributed by atoms with E-state index >= 15 is 0 Å². The number of nitrogens with one attached hydrogen (secondary N) is 1. The van der Waals surface area contributed by atoms with Gasteiger partial charge in [-0.1, -0.05) is 24.8 Å². The molecule has 35 heavy (non-hydrogen) atoms. The summed E-state index contributed by atoms with van der Waals surface area (Å²) in [4.78, 5) is 40.3. The number of likely N-dealkylation sites (tertiary alicyclic amines) is 1. The van der Waals surface area contributed by atoms with Crippen molar-refractivity contribution >= 4 is 23.1 Å². The Kier molecular flexibility index (Phi) is 6.10. The molecular formula is C27H26N6O2. The van der Waals surface area contributed by atoms with Crippen molar-refractivity contribution in [1.29, 1.82) is 0 Å². The molecule has 1 aliphatic heterocycles. The molecule has 3 aromatic heterocycles. The third-order valence-electron chi connectivity index (χ3n) is 6.35. The van der Waals surface area contributed by atoms with Crippen LogP contribution in [0, 0.1) is 6.92 Å². The van der Waals surface area contributed by atoms with Gasteiger partial charge >= 0.3 is 0 Å². The van der Waals surface area contributed by atoms with Gasteiger partial charge in [-0.15, -0.1) is 0 Å². The number of aryl methyl sites for hydroxylation is 1. The molecule has 2 amide bonds. The van der Waals surface area contributed by atoms with Crippen molar-refractivity contribution in [2.45, 2.75) is 25.7 Å². The Bertz CT molecular complexity index is 1390. The van der Waals surface area contributed by atoms with Crippen LogP contribution in [0.25, 0.3) is 16.8 Å². The van der Waals surface area contributed by atoms with Crippen LogP contribution in [0.5, 0.6) is 0 Å². The molecule has 0 aliphatic carbocycles. The van der Waals surface area contributed by atoms with Gasteiger partial charge in [0.15, 0.2) is 0 Å². The number of imidazole rings is 1. The van der Waals surface area contributed by atoms with E-state index in [1.807, 2.05) is 42.4 Å². The Morgan fingerprint density at radius 1 is 1.14 bits per heavy atom. The van der Waals surface area contributed by atoms with Gasteiger partial charge in [0.05, 0.1) is 17.4 Å². The van der Waals surface area contributed by atoms with E-state index in [1.54, 1.807) is 30.5 Å². The first kappa shape index (κ1) is 22.5. The van der Waals surface area contributed by atoms with E-state index in [1.165, 1.54) is 6.08 Å². The Hall–Kier alpha value is -4.33. The van der Waals surface area contributed by atoms with Gasteiger partial charge in [-0.2, -0.15) is 0 Å². The third-order valence-corrected chi connectivity index (χ3v) is 6.35. The van der Waals surface area contributed by atoms with Gasteiger partial charge in [0.1, 0.15) is 11.6 Å². The van der Waals surface area contributed by atoms with Gasteiger partial charge in [0.25, 0.3) is 5.91 Å². The minimum absolute atomic E-state index is 0.0475. The van der Waals surface area contributed by atoms with E-state index in [4.69, 9.17) is 4.98 Å². The zero-order valence-electron chi connectivity index (χ0n) is 19.5. The Morgan fingerprint density at radius 3 is 2.71 bits per heavy atom. The number of pyridine rings is 1. The Morgan fingerprint density at radius 2 is 1.97 bits per heavy atom. The number of amides is 2. The molecule has 8 nitrogen and oxygen atoms in total. The quantitative estimate of drug-likeness (QED) is 0.444. The summed E-state index contributed by atoms with van der Waals surface area (Å²) in [5.74, 6) is 1.27. The lowest BCUT2D eigenvalue weighted by Gasteiger charge is -2.31. The highest BCUT2D eigenvalue weighted by Crippen LogP contribution is 2.33. The molecule has 0 spiro atoms. The van der Waals surface area contributed by atoms with Gasteiger partial charge < -0.3 is 10.2 Å². The monoisotopic (exact) mass is 466 g/mol. The average molecular weight is 467 g/mol. The molecule has 8 heteroatoms. The van der Waals surface area contributed by atoms with Gasteiger partial charge in [0, 0.05) is 48.2 Å². The lowest BCUT2D eigenvalue weighted by Crippen LogP contribution is -2.38. The van der Waals surface area contributed by atoms with Gasteiger partial charge in [-0.3, -0.25) is 19.0 Å². The molecule has 0 radical (unpaired) electrons. The largest absolute Gasteiger partial charge is 0.338 e. The SMILES string of the molecule is C=CC(=O)N1CCCC(c2nc(-c3ccc(C(=O)Nc4ccccn4)cc3)c3cncc(C)n23)C1. The normalized spacial score (nSPS) is 15.7. The van der Waals surface area contributed by atoms with Crippen LogP contribution in [-0.4, -0.2) is 49.2 Å². The second-order valence-electron chi connectivity index (χ2n) is 8.66. The molecular weight excluding hydrogens is 440 g/mol. The van der Waals surface area contributed by atoms with Crippen molar-refractivity contribution < 1.29 is 9.59 Å². The summed E-state index contributed by atoms with van der Waals surface area (Å²) >= 11 is 0. The molecule has 4 heterocycles. The van der Waals surface area contributed by atoms with Crippen LogP contribution in [0.15, 0.2) is 73.7 Å². The standard InChI is InChI=1S/C27H26N6O2/c1-3-24(34)32-14-6-7-21(17-32)26-31-25(22-16-28-15-18(2)33(22)26)19-9-11-20(12-10-19)27(35)30-23-8-4-5-13-29-23/h3-5,8-13,15-16,21H,1,6-7,14,17H2,2H3,(H,29,30,35). The van der Waals surface area contributed by atoms with E-state index in [0.29, 0.717) is 17.9 Å². The number of piperidine rings is 1. The topological polar surface area (TPSA) is 92.5 Å². The maximum atomic E-state index is 12.6. The average Bonchev–Trinajstić information content (AvgIpc) is 3.30. The molecule has 0 bridgehead atoms. The number of aromatic nitrogens is 4. The molecule has 1 fully saturated rings. The molecule has 176 valence electrons. The van der Waals surface area contributed by atoms with Crippen LogP contribution >= 0.6 is 0 Å². The van der Waals surface area contributed by atoms with E-state index < -0.39 is 0 Å². The van der Waals surface area contributed by atoms with Gasteiger partial charge in [-0.25, -0.2) is 9.97 Å². The number of carbonyl (C=O) groups excluding carboxylic acids is 2. The highest BCUT2D eigenvalue weighted by atomic mass is 16.2. The maximum Gasteiger partial charge on any atom is 0.256 e. The van der Waals surface area contributed by atoms with Crippen LogP contribution in [0.1, 0.15) is 40.6 Å². The molecule has 1 aliphatic rings. The third kappa shape index (κ3) is 4.42. The van der Waals surface area contributed by atoms with Crippen LogP contribution in [0.4, 0.5) is 5.82 Å². The number of benzene rings is 1. The zero-order chi connectivity index (χ0) is 24.4. The number of anilines is 1. The fourth-order valence-electron chi connectivity index (χ4n) is 4.62. The number of hydrogen-bond acceptors (Lipinski definition) is 5. The molecule has 5 rings (SSSR count). The lowest BCUT2D eigenvalue weighted by atomic mass is 9.97. The van der Waals surface area contributed by atoms with E-state index in [0.717, 1.165) is 47.7 Å². The van der Waals surface area contributed by atoms with Gasteiger partial charge in [0.2, 0.25) is 5.91 Å². The first-order chi connectivity index (χ1) is 17.0. The summed E-state index contributed by atoms with van der Waals surface area (Å²) in [6.45, 7) is 6.99. The number of hydrogen-bond donors (Lipinski definition) is 1. The summed E-state index contributed by atoms with van der Waals surface area (Å²) in [5.41, 5.74) is 4.11. The molecule has 1 atom stereocenters. The van der Waals surface area contributed by atoms with Crippen LogP contribution in [0.2, 0.25) is 0 Å². The smallest absolute Gasteiger partial charge is 0.256 e. The molecule has 1 N–H and O–H groups in total. The van der Waals surface area contributed by atoms with Crippen LogP contribution < -0.4 is 5.32 Å². The van der Waals surface area contributed by atoms with E-state index in [2.05, 4.69) is 26.3 Å². The van der Waals surface area contributed by atoms with E-state index in [9.17, 15) is 9.59 Å². The van der Waals surface area contributed by atoms with Crippen molar-refractivity contribution in [2.24, 2.45) is 0 Å². The minimum atomic E-state index is -0.225. The molecule has 1 saturated heterocycles. The molecule has 1 aromatic carbocycles. The number of nitrogens with zero attached hydrogens (tertiary/aromatic N) is 5. The highest BCUT2D eigenvalue weighted by molar-refractivity contribution is 6.04. The predicted octanol–water partition coefficient (Wildman–Crippen LogP) is 4.24. The highest BCUT2D eigenvalue weighted by Gasteiger charge is 2.28. The minimum Gasteiger partial charge on any atom is -0.338 e. The maximum absolute atomic E-state index is 12.6. The second-order valence-corrected chi connectivity index (χ2v) is 8.66. The Labute approximate surface area is 203 Å². The number of carbonyl (C=O) groups is 2. The first-order valence-electron chi connectivity index (χ1n) is 11.6. The predicted molar refractivity (Wildman–Crippen MR) is 134 cm³/mol. The summed E-state index contributed by atoms with van der Waals surface area (Å²) < 4.78 is 2.14. The van der Waals surface area contributed by atoms with Crippen molar-refractivity contribution in [2.75, 3.05) is 18.4 Å². The zero-order valence-corrected chi connectivity index (χ0v) is 19.5. The lowest BCUT2D eigenvalue weighted by molar-refractivity contribution is -0.127. The second kappa shape index (κ2) is 9.50. The number of fused-ring (bicyclic) bond motifs is 1. The van der Waals surface area contributed by atoms with Crippen molar-refractivity contribution in [1.82, 2.24) is 24.3 Å². The summed E-state index contributed by atoms with van der Waals surface area (Å²) in [5, 5.41) is 2.80. The summed E-state index contributed by atoms with van der Waals surface area (Å²) in [6, 6.07) is 12.7. The van der Waals surface area contributed by atoms with Crippen molar-refractivity contribution in [3.8, 4) is 11.3 Å².